The maximum Gasteiger partial charge on any atom is 0.234 e. The summed E-state index contributed by atoms with van der Waals surface area (Å²) in [5.74, 6) is 0.131. The quantitative estimate of drug-likeness (QED) is 0.762. The van der Waals surface area contributed by atoms with Gasteiger partial charge in [0.05, 0.1) is 12.6 Å². The van der Waals surface area contributed by atoms with E-state index in [0.29, 0.717) is 18.7 Å². The van der Waals surface area contributed by atoms with E-state index in [9.17, 15) is 4.79 Å². The largest absolute Gasteiger partial charge is 0.378 e. The first-order valence-electron chi connectivity index (χ1n) is 7.60. The summed E-state index contributed by atoms with van der Waals surface area (Å²) in [4.78, 5) is 14.0. The summed E-state index contributed by atoms with van der Waals surface area (Å²) in [5, 5.41) is 3.00. The second-order valence-corrected chi connectivity index (χ2v) is 5.74. The van der Waals surface area contributed by atoms with Crippen molar-refractivity contribution in [2.75, 3.05) is 32.8 Å². The molecule has 0 spiro atoms. The summed E-state index contributed by atoms with van der Waals surface area (Å²) >= 11 is 0. The molecule has 2 heterocycles. The molecule has 1 atom stereocenters. The number of amides is 1. The summed E-state index contributed by atoms with van der Waals surface area (Å²) in [5.41, 5.74) is 5.85. The first-order valence-corrected chi connectivity index (χ1v) is 7.60. The molecular weight excluding hydrogens is 242 g/mol. The van der Waals surface area contributed by atoms with Crippen LogP contribution in [0.25, 0.3) is 0 Å². The third-order valence-electron chi connectivity index (χ3n) is 4.06. The minimum Gasteiger partial charge on any atom is -0.378 e. The third-order valence-corrected chi connectivity index (χ3v) is 4.06. The molecule has 110 valence electrons. The summed E-state index contributed by atoms with van der Waals surface area (Å²) in [6.07, 6.45) is 6.87. The lowest BCUT2D eigenvalue weighted by Gasteiger charge is -2.29. The number of carbonyl (C=O) groups is 1. The smallest absolute Gasteiger partial charge is 0.234 e. The molecule has 0 bridgehead atoms. The Hall–Kier alpha value is -0.650. The van der Waals surface area contributed by atoms with Gasteiger partial charge in [-0.15, -0.1) is 0 Å². The molecule has 3 N–H and O–H groups in total. The van der Waals surface area contributed by atoms with Gasteiger partial charge < -0.3 is 15.8 Å². The van der Waals surface area contributed by atoms with Gasteiger partial charge in [0.25, 0.3) is 0 Å². The molecule has 2 aliphatic rings. The molecule has 5 nitrogen and oxygen atoms in total. The van der Waals surface area contributed by atoms with Crippen LogP contribution < -0.4 is 11.1 Å². The van der Waals surface area contributed by atoms with Crippen LogP contribution in [0.5, 0.6) is 0 Å². The Morgan fingerprint density at radius 3 is 2.74 bits per heavy atom. The van der Waals surface area contributed by atoms with E-state index in [2.05, 4.69) is 10.2 Å². The zero-order chi connectivity index (χ0) is 13.5. The fraction of sp³-hybridized carbons (Fsp3) is 0.929. The summed E-state index contributed by atoms with van der Waals surface area (Å²) in [6.45, 7) is 4.02. The van der Waals surface area contributed by atoms with Gasteiger partial charge in [-0.1, -0.05) is 0 Å². The molecule has 0 radical (unpaired) electrons. The number of nitrogens with two attached hydrogens (primary N) is 1. The highest BCUT2D eigenvalue weighted by atomic mass is 16.5. The Labute approximate surface area is 115 Å². The molecular formula is C14H27N3O2. The molecule has 19 heavy (non-hydrogen) atoms. The SMILES string of the molecule is NC1CCN(CC(=O)NCCC2CCCCO2)CC1. The van der Waals surface area contributed by atoms with Crippen molar-refractivity contribution >= 4 is 5.91 Å². The zero-order valence-corrected chi connectivity index (χ0v) is 11.8. The highest BCUT2D eigenvalue weighted by Crippen LogP contribution is 2.14. The number of hydrogen-bond donors (Lipinski definition) is 2. The highest BCUT2D eigenvalue weighted by Gasteiger charge is 2.18. The Morgan fingerprint density at radius 2 is 2.05 bits per heavy atom. The van der Waals surface area contributed by atoms with Crippen LogP contribution in [0.3, 0.4) is 0 Å². The van der Waals surface area contributed by atoms with Crippen molar-refractivity contribution in [1.29, 1.82) is 0 Å². The first-order chi connectivity index (χ1) is 9.24. The van der Waals surface area contributed by atoms with Gasteiger partial charge >= 0.3 is 0 Å². The molecule has 0 aromatic carbocycles. The van der Waals surface area contributed by atoms with Crippen LogP contribution >= 0.6 is 0 Å². The number of nitrogens with zero attached hydrogens (tertiary/aromatic N) is 1. The maximum atomic E-state index is 11.8. The van der Waals surface area contributed by atoms with E-state index < -0.39 is 0 Å². The Morgan fingerprint density at radius 1 is 1.26 bits per heavy atom. The van der Waals surface area contributed by atoms with E-state index in [-0.39, 0.29) is 5.91 Å². The number of likely N-dealkylation sites (tertiary alicyclic amines) is 1. The summed E-state index contributed by atoms with van der Waals surface area (Å²) in [7, 11) is 0. The van der Waals surface area contributed by atoms with Gasteiger partial charge in [0.1, 0.15) is 0 Å². The van der Waals surface area contributed by atoms with Gasteiger partial charge in [-0.3, -0.25) is 9.69 Å². The summed E-state index contributed by atoms with van der Waals surface area (Å²) < 4.78 is 5.65. The maximum absolute atomic E-state index is 11.8. The second kappa shape index (κ2) is 7.82. The van der Waals surface area contributed by atoms with Crippen molar-refractivity contribution in [3.05, 3.63) is 0 Å². The van der Waals surface area contributed by atoms with Gasteiger partial charge in [-0.25, -0.2) is 0 Å². The van der Waals surface area contributed by atoms with Crippen molar-refractivity contribution in [1.82, 2.24) is 10.2 Å². The fourth-order valence-corrected chi connectivity index (χ4v) is 2.78. The van der Waals surface area contributed by atoms with Gasteiger partial charge in [-0.2, -0.15) is 0 Å². The number of nitrogens with one attached hydrogen (secondary N) is 1. The predicted molar refractivity (Wildman–Crippen MR) is 74.9 cm³/mol. The van der Waals surface area contributed by atoms with E-state index in [4.69, 9.17) is 10.5 Å². The molecule has 2 saturated heterocycles. The Bertz CT molecular complexity index is 272. The molecule has 0 aliphatic carbocycles. The predicted octanol–water partition coefficient (Wildman–Crippen LogP) is 0.485. The van der Waals surface area contributed by atoms with Gasteiger partial charge in [0.15, 0.2) is 0 Å². The molecule has 0 aromatic rings. The van der Waals surface area contributed by atoms with Crippen molar-refractivity contribution in [2.45, 2.75) is 50.7 Å². The highest BCUT2D eigenvalue weighted by molar-refractivity contribution is 5.77. The lowest BCUT2D eigenvalue weighted by atomic mass is 10.1. The lowest BCUT2D eigenvalue weighted by molar-refractivity contribution is -0.122. The van der Waals surface area contributed by atoms with E-state index in [1.54, 1.807) is 0 Å². The number of rotatable bonds is 5. The molecule has 2 rings (SSSR count). The molecule has 5 heteroatoms. The monoisotopic (exact) mass is 269 g/mol. The standard InChI is InChI=1S/C14H27N3O2/c15-12-5-8-17(9-6-12)11-14(18)16-7-4-13-3-1-2-10-19-13/h12-13H,1-11,15H2,(H,16,18). The Kier molecular flexibility index (Phi) is 6.07. The zero-order valence-electron chi connectivity index (χ0n) is 11.8. The fourth-order valence-electron chi connectivity index (χ4n) is 2.78. The molecule has 1 unspecified atom stereocenters. The number of carbonyl (C=O) groups excluding carboxylic acids is 1. The number of ether oxygens (including phenoxy) is 1. The molecule has 0 saturated carbocycles. The molecule has 1 amide bonds. The molecule has 2 aliphatic heterocycles. The van der Waals surface area contributed by atoms with E-state index in [1.165, 1.54) is 12.8 Å². The molecule has 2 fully saturated rings. The van der Waals surface area contributed by atoms with E-state index >= 15 is 0 Å². The van der Waals surface area contributed by atoms with Crippen LogP contribution in [0.4, 0.5) is 0 Å². The van der Waals surface area contributed by atoms with Crippen LogP contribution in [-0.2, 0) is 9.53 Å². The van der Waals surface area contributed by atoms with Gasteiger partial charge in [-0.05, 0) is 38.5 Å². The number of hydrogen-bond acceptors (Lipinski definition) is 4. The topological polar surface area (TPSA) is 67.6 Å². The molecule has 0 aromatic heterocycles. The average molecular weight is 269 g/mol. The third kappa shape index (κ3) is 5.47. The van der Waals surface area contributed by atoms with Crippen LogP contribution in [0, 0.1) is 0 Å². The van der Waals surface area contributed by atoms with E-state index in [0.717, 1.165) is 51.9 Å². The van der Waals surface area contributed by atoms with E-state index in [1.807, 2.05) is 0 Å². The lowest BCUT2D eigenvalue weighted by Crippen LogP contribution is -2.44. The normalized spacial score (nSPS) is 26.3. The van der Waals surface area contributed by atoms with Crippen LogP contribution in [0.15, 0.2) is 0 Å². The minimum absolute atomic E-state index is 0.131. The second-order valence-electron chi connectivity index (χ2n) is 5.74. The average Bonchev–Trinajstić information content (AvgIpc) is 2.43. The van der Waals surface area contributed by atoms with Gasteiger partial charge in [0.2, 0.25) is 5.91 Å². The van der Waals surface area contributed by atoms with Crippen LogP contribution in [-0.4, -0.2) is 55.7 Å². The van der Waals surface area contributed by atoms with Crippen molar-refractivity contribution in [3.63, 3.8) is 0 Å². The number of piperidine rings is 1. The van der Waals surface area contributed by atoms with Crippen LogP contribution in [0.1, 0.15) is 38.5 Å². The minimum atomic E-state index is 0.131. The van der Waals surface area contributed by atoms with Gasteiger partial charge in [0, 0.05) is 32.3 Å². The van der Waals surface area contributed by atoms with Crippen LogP contribution in [0.2, 0.25) is 0 Å². The van der Waals surface area contributed by atoms with Crippen molar-refractivity contribution in [2.24, 2.45) is 5.73 Å². The Balaban J connectivity index is 1.54. The summed E-state index contributed by atoms with van der Waals surface area (Å²) in [6, 6.07) is 0.322. The first kappa shape index (κ1) is 14.8. The van der Waals surface area contributed by atoms with Crippen molar-refractivity contribution in [3.8, 4) is 0 Å². The van der Waals surface area contributed by atoms with Crippen molar-refractivity contribution < 1.29 is 9.53 Å².